The van der Waals surface area contributed by atoms with Crippen LogP contribution in [0.1, 0.15) is 20.8 Å². The first-order valence-corrected chi connectivity index (χ1v) is 7.81. The van der Waals surface area contributed by atoms with Crippen molar-refractivity contribution in [2.24, 2.45) is 0 Å². The average molecular weight is 260 g/mol. The standard InChI is InChI=1S/C10H16N2O2S2/c1-4-11-7-6-15-16-10(3,9(11)14)12(5-2)8(7)13/h7H,4-6H2,1-3H3. The van der Waals surface area contributed by atoms with Gasteiger partial charge in [-0.1, -0.05) is 21.6 Å². The van der Waals surface area contributed by atoms with Gasteiger partial charge in [-0.3, -0.25) is 9.59 Å². The molecule has 4 nitrogen and oxygen atoms in total. The number of hydrogen-bond acceptors (Lipinski definition) is 4. The van der Waals surface area contributed by atoms with Crippen molar-refractivity contribution in [1.29, 1.82) is 0 Å². The summed E-state index contributed by atoms with van der Waals surface area (Å²) in [6.45, 7) is 6.93. The fourth-order valence-corrected chi connectivity index (χ4v) is 5.33. The molecule has 0 N–H and O–H groups in total. The van der Waals surface area contributed by atoms with Gasteiger partial charge in [0.2, 0.25) is 5.91 Å². The zero-order valence-corrected chi connectivity index (χ0v) is 11.4. The molecule has 2 bridgehead atoms. The highest BCUT2D eigenvalue weighted by molar-refractivity contribution is 8.77. The van der Waals surface area contributed by atoms with Crippen molar-refractivity contribution in [1.82, 2.24) is 9.80 Å². The Bertz CT molecular complexity index is 337. The summed E-state index contributed by atoms with van der Waals surface area (Å²) in [6, 6.07) is -0.259. The van der Waals surface area contributed by atoms with Crippen molar-refractivity contribution in [2.45, 2.75) is 31.7 Å². The lowest BCUT2D eigenvalue weighted by molar-refractivity contribution is -0.161. The molecule has 6 heteroatoms. The van der Waals surface area contributed by atoms with Crippen LogP contribution >= 0.6 is 21.6 Å². The molecular formula is C10H16N2O2S2. The van der Waals surface area contributed by atoms with Crippen LogP contribution in [0.4, 0.5) is 0 Å². The normalized spacial score (nSPS) is 34.6. The molecule has 2 unspecified atom stereocenters. The third kappa shape index (κ3) is 1.46. The number of carbonyl (C=O) groups is 2. The highest BCUT2D eigenvalue weighted by Gasteiger charge is 2.55. The summed E-state index contributed by atoms with van der Waals surface area (Å²) in [7, 11) is 3.15. The quantitative estimate of drug-likeness (QED) is 0.699. The van der Waals surface area contributed by atoms with E-state index in [-0.39, 0.29) is 17.9 Å². The highest BCUT2D eigenvalue weighted by Crippen LogP contribution is 2.47. The van der Waals surface area contributed by atoms with Crippen molar-refractivity contribution in [2.75, 3.05) is 18.8 Å². The first kappa shape index (κ1) is 12.1. The average Bonchev–Trinajstić information content (AvgIpc) is 2.46. The minimum absolute atomic E-state index is 0.0800. The molecule has 3 rings (SSSR count). The van der Waals surface area contributed by atoms with Gasteiger partial charge in [-0.25, -0.2) is 0 Å². The monoisotopic (exact) mass is 260 g/mol. The molecule has 2 atom stereocenters. The van der Waals surface area contributed by atoms with E-state index in [4.69, 9.17) is 0 Å². The minimum Gasteiger partial charge on any atom is -0.327 e. The van der Waals surface area contributed by atoms with E-state index in [1.807, 2.05) is 20.8 Å². The molecule has 2 amide bonds. The zero-order chi connectivity index (χ0) is 11.9. The van der Waals surface area contributed by atoms with E-state index in [0.29, 0.717) is 18.8 Å². The van der Waals surface area contributed by atoms with Gasteiger partial charge in [-0.15, -0.1) is 0 Å². The second kappa shape index (κ2) is 4.14. The molecule has 0 aliphatic carbocycles. The number of piperazine rings is 1. The summed E-state index contributed by atoms with van der Waals surface area (Å²) in [5.41, 5.74) is 0. The Kier molecular flexibility index (Phi) is 3.13. The fourth-order valence-electron chi connectivity index (χ4n) is 2.32. The molecule has 0 aromatic rings. The predicted octanol–water partition coefficient (Wildman–Crippen LogP) is 1.18. The van der Waals surface area contributed by atoms with Gasteiger partial charge in [-0.2, -0.15) is 0 Å². The number of carbonyl (C=O) groups excluding carboxylic acids is 2. The Balaban J connectivity index is 2.46. The van der Waals surface area contributed by atoms with E-state index >= 15 is 0 Å². The molecule has 3 heterocycles. The molecule has 3 fully saturated rings. The largest absolute Gasteiger partial charge is 0.327 e. The molecular weight excluding hydrogens is 244 g/mol. The lowest BCUT2D eigenvalue weighted by Crippen LogP contribution is -2.68. The molecule has 3 aliphatic heterocycles. The first-order chi connectivity index (χ1) is 7.56. The van der Waals surface area contributed by atoms with Gasteiger partial charge in [0.25, 0.3) is 5.91 Å². The summed E-state index contributed by atoms with van der Waals surface area (Å²) >= 11 is 0. The van der Waals surface area contributed by atoms with Crippen LogP contribution in [0.2, 0.25) is 0 Å². The predicted molar refractivity (Wildman–Crippen MR) is 67.0 cm³/mol. The highest BCUT2D eigenvalue weighted by atomic mass is 33.1. The molecule has 0 saturated carbocycles. The summed E-state index contributed by atoms with van der Waals surface area (Å²) < 4.78 is 0. The van der Waals surface area contributed by atoms with Crippen molar-refractivity contribution >= 4 is 33.4 Å². The van der Waals surface area contributed by atoms with E-state index in [1.54, 1.807) is 20.6 Å². The summed E-state index contributed by atoms with van der Waals surface area (Å²) in [4.78, 5) is 27.4. The number of hydrogen-bond donors (Lipinski definition) is 0. The van der Waals surface area contributed by atoms with Gasteiger partial charge in [0.15, 0.2) is 4.87 Å². The Morgan fingerprint density at radius 3 is 2.62 bits per heavy atom. The van der Waals surface area contributed by atoms with Gasteiger partial charge < -0.3 is 9.80 Å². The van der Waals surface area contributed by atoms with E-state index < -0.39 is 4.87 Å². The minimum atomic E-state index is -0.709. The molecule has 90 valence electrons. The van der Waals surface area contributed by atoms with E-state index in [0.717, 1.165) is 0 Å². The third-order valence-electron chi connectivity index (χ3n) is 3.20. The molecule has 0 radical (unpaired) electrons. The van der Waals surface area contributed by atoms with Crippen LogP contribution < -0.4 is 0 Å². The Morgan fingerprint density at radius 2 is 2.06 bits per heavy atom. The maximum absolute atomic E-state index is 12.4. The Hall–Kier alpha value is -0.360. The second-order valence-electron chi connectivity index (χ2n) is 4.04. The lowest BCUT2D eigenvalue weighted by atomic mass is 10.1. The third-order valence-corrected chi connectivity index (χ3v) is 6.23. The maximum Gasteiger partial charge on any atom is 0.260 e. The van der Waals surface area contributed by atoms with Crippen molar-refractivity contribution < 1.29 is 9.59 Å². The molecule has 0 spiro atoms. The van der Waals surface area contributed by atoms with Gasteiger partial charge in [0.1, 0.15) is 6.04 Å². The summed E-state index contributed by atoms with van der Waals surface area (Å²) in [5.74, 6) is 0.884. The fraction of sp³-hybridized carbons (Fsp3) is 0.800. The molecule has 3 saturated heterocycles. The van der Waals surface area contributed by atoms with Crippen LogP contribution in [0.3, 0.4) is 0 Å². The SMILES string of the molecule is CCN1C(=O)C2(C)SSCC1C(=O)N2CC. The van der Waals surface area contributed by atoms with E-state index in [1.165, 1.54) is 10.8 Å². The Labute approximate surface area is 104 Å². The molecule has 3 aliphatic rings. The van der Waals surface area contributed by atoms with E-state index in [2.05, 4.69) is 0 Å². The van der Waals surface area contributed by atoms with Crippen LogP contribution in [0.15, 0.2) is 0 Å². The number of rotatable bonds is 2. The van der Waals surface area contributed by atoms with Gasteiger partial charge in [0, 0.05) is 18.8 Å². The number of nitrogens with zero attached hydrogens (tertiary/aromatic N) is 2. The number of amides is 2. The maximum atomic E-state index is 12.4. The van der Waals surface area contributed by atoms with Crippen LogP contribution in [0.25, 0.3) is 0 Å². The second-order valence-corrected chi connectivity index (χ2v) is 6.78. The van der Waals surface area contributed by atoms with Crippen molar-refractivity contribution in [3.05, 3.63) is 0 Å². The lowest BCUT2D eigenvalue weighted by Gasteiger charge is -2.46. The van der Waals surface area contributed by atoms with Gasteiger partial charge in [0.05, 0.1) is 0 Å². The summed E-state index contributed by atoms with van der Waals surface area (Å²) in [5, 5.41) is 0. The molecule has 16 heavy (non-hydrogen) atoms. The Morgan fingerprint density at radius 1 is 1.38 bits per heavy atom. The van der Waals surface area contributed by atoms with Gasteiger partial charge in [-0.05, 0) is 20.8 Å². The van der Waals surface area contributed by atoms with Crippen LogP contribution in [-0.2, 0) is 9.59 Å². The van der Waals surface area contributed by atoms with Crippen LogP contribution in [0.5, 0.6) is 0 Å². The molecule has 0 aromatic heterocycles. The zero-order valence-electron chi connectivity index (χ0n) is 9.73. The topological polar surface area (TPSA) is 40.6 Å². The van der Waals surface area contributed by atoms with E-state index in [9.17, 15) is 9.59 Å². The smallest absolute Gasteiger partial charge is 0.260 e. The van der Waals surface area contributed by atoms with Crippen LogP contribution in [-0.4, -0.2) is 51.4 Å². The number of likely N-dealkylation sites (N-methyl/N-ethyl adjacent to an activating group) is 2. The molecule has 0 aromatic carbocycles. The van der Waals surface area contributed by atoms with Crippen molar-refractivity contribution in [3.8, 4) is 0 Å². The van der Waals surface area contributed by atoms with Gasteiger partial charge >= 0.3 is 0 Å². The number of fused-ring (bicyclic) bond motifs is 4. The van der Waals surface area contributed by atoms with Crippen molar-refractivity contribution in [3.63, 3.8) is 0 Å². The first-order valence-electron chi connectivity index (χ1n) is 5.49. The van der Waals surface area contributed by atoms with Crippen LogP contribution in [0, 0.1) is 0 Å². The summed E-state index contributed by atoms with van der Waals surface area (Å²) in [6.07, 6.45) is 0.